The van der Waals surface area contributed by atoms with Crippen LogP contribution in [0.2, 0.25) is 0 Å². The third-order valence-corrected chi connectivity index (χ3v) is 3.52. The predicted molar refractivity (Wildman–Crippen MR) is 66.2 cm³/mol. The minimum atomic E-state index is -4.64. The van der Waals surface area contributed by atoms with Crippen LogP contribution < -0.4 is 5.32 Å². The lowest BCUT2D eigenvalue weighted by Gasteiger charge is -2.17. The SMILES string of the molecule is CCSCC(NC)c1ccc(C(F)(F)F)c(F)c1. The van der Waals surface area contributed by atoms with Crippen molar-refractivity contribution in [3.05, 3.63) is 35.1 Å². The quantitative estimate of drug-likeness (QED) is 0.823. The Morgan fingerprint density at radius 2 is 2.00 bits per heavy atom. The molecule has 0 aromatic heterocycles. The summed E-state index contributed by atoms with van der Waals surface area (Å²) in [6.07, 6.45) is -4.64. The maximum atomic E-state index is 13.4. The lowest BCUT2D eigenvalue weighted by atomic mass is 10.1. The molecule has 0 saturated heterocycles. The average Bonchev–Trinajstić information content (AvgIpc) is 2.28. The first-order valence-corrected chi connectivity index (χ1v) is 6.67. The predicted octanol–water partition coefficient (Wildman–Crippen LogP) is 3.86. The molecule has 0 spiro atoms. The van der Waals surface area contributed by atoms with E-state index in [0.717, 1.165) is 17.9 Å². The Hall–Kier alpha value is -0.750. The van der Waals surface area contributed by atoms with Crippen molar-refractivity contribution in [2.24, 2.45) is 0 Å². The second-order valence-corrected chi connectivity index (χ2v) is 5.06. The van der Waals surface area contributed by atoms with E-state index in [0.29, 0.717) is 11.3 Å². The molecule has 0 saturated carbocycles. The second-order valence-electron chi connectivity index (χ2n) is 3.74. The van der Waals surface area contributed by atoms with Gasteiger partial charge in [0.25, 0.3) is 0 Å². The number of rotatable bonds is 5. The zero-order valence-electron chi connectivity index (χ0n) is 10.1. The van der Waals surface area contributed by atoms with Crippen molar-refractivity contribution in [1.82, 2.24) is 5.32 Å². The zero-order chi connectivity index (χ0) is 13.8. The molecule has 0 heterocycles. The Bertz CT molecular complexity index is 392. The van der Waals surface area contributed by atoms with Gasteiger partial charge < -0.3 is 5.32 Å². The molecule has 1 atom stereocenters. The van der Waals surface area contributed by atoms with Gasteiger partial charge in [-0.15, -0.1) is 0 Å². The molecule has 0 fully saturated rings. The summed E-state index contributed by atoms with van der Waals surface area (Å²) in [7, 11) is 1.70. The average molecular weight is 281 g/mol. The smallest absolute Gasteiger partial charge is 0.312 e. The molecule has 0 radical (unpaired) electrons. The zero-order valence-corrected chi connectivity index (χ0v) is 11.0. The molecule has 18 heavy (non-hydrogen) atoms. The van der Waals surface area contributed by atoms with Gasteiger partial charge in [-0.1, -0.05) is 13.0 Å². The molecule has 1 nitrogen and oxygen atoms in total. The van der Waals surface area contributed by atoms with Crippen LogP contribution >= 0.6 is 11.8 Å². The molecule has 102 valence electrons. The Labute approximate surface area is 108 Å². The number of nitrogens with one attached hydrogen (secondary N) is 1. The summed E-state index contributed by atoms with van der Waals surface area (Å²) in [5, 5.41) is 2.97. The number of thioether (sulfide) groups is 1. The van der Waals surface area contributed by atoms with E-state index in [9.17, 15) is 17.6 Å². The van der Waals surface area contributed by atoms with Gasteiger partial charge in [-0.05, 0) is 30.5 Å². The van der Waals surface area contributed by atoms with E-state index in [-0.39, 0.29) is 6.04 Å². The topological polar surface area (TPSA) is 12.0 Å². The van der Waals surface area contributed by atoms with Crippen molar-refractivity contribution in [1.29, 1.82) is 0 Å². The van der Waals surface area contributed by atoms with Gasteiger partial charge in [0.1, 0.15) is 5.82 Å². The first-order valence-electron chi connectivity index (χ1n) is 5.51. The molecule has 1 N–H and O–H groups in total. The highest BCUT2D eigenvalue weighted by Crippen LogP contribution is 2.32. The minimum absolute atomic E-state index is 0.147. The van der Waals surface area contributed by atoms with Crippen molar-refractivity contribution in [3.8, 4) is 0 Å². The van der Waals surface area contributed by atoms with Gasteiger partial charge in [-0.3, -0.25) is 0 Å². The van der Waals surface area contributed by atoms with Crippen LogP contribution in [0.15, 0.2) is 18.2 Å². The highest BCUT2D eigenvalue weighted by atomic mass is 32.2. The van der Waals surface area contributed by atoms with Gasteiger partial charge in [-0.2, -0.15) is 24.9 Å². The number of alkyl halides is 3. The second kappa shape index (κ2) is 6.43. The lowest BCUT2D eigenvalue weighted by Crippen LogP contribution is -2.19. The summed E-state index contributed by atoms with van der Waals surface area (Å²) in [4.78, 5) is 0. The molecule has 1 aromatic carbocycles. The van der Waals surface area contributed by atoms with E-state index in [1.165, 1.54) is 6.07 Å². The Balaban J connectivity index is 2.95. The van der Waals surface area contributed by atoms with Crippen LogP contribution in [0.25, 0.3) is 0 Å². The molecule has 6 heteroatoms. The number of hydrogen-bond donors (Lipinski definition) is 1. The molecular formula is C12H15F4NS. The van der Waals surface area contributed by atoms with E-state index >= 15 is 0 Å². The number of hydrogen-bond acceptors (Lipinski definition) is 2. The van der Waals surface area contributed by atoms with Gasteiger partial charge >= 0.3 is 6.18 Å². The third kappa shape index (κ3) is 3.88. The minimum Gasteiger partial charge on any atom is -0.312 e. The Morgan fingerprint density at radius 3 is 2.44 bits per heavy atom. The summed E-state index contributed by atoms with van der Waals surface area (Å²) >= 11 is 1.64. The van der Waals surface area contributed by atoms with Crippen molar-refractivity contribution >= 4 is 11.8 Å². The summed E-state index contributed by atoms with van der Waals surface area (Å²) in [6.45, 7) is 1.99. The van der Waals surface area contributed by atoms with E-state index < -0.39 is 17.6 Å². The van der Waals surface area contributed by atoms with Crippen molar-refractivity contribution in [2.45, 2.75) is 19.1 Å². The summed E-state index contributed by atoms with van der Waals surface area (Å²) in [6, 6.07) is 2.93. The number of halogens is 4. The highest BCUT2D eigenvalue weighted by Gasteiger charge is 2.34. The maximum Gasteiger partial charge on any atom is 0.419 e. The van der Waals surface area contributed by atoms with E-state index in [4.69, 9.17) is 0 Å². The largest absolute Gasteiger partial charge is 0.419 e. The van der Waals surface area contributed by atoms with Gasteiger partial charge in [0, 0.05) is 11.8 Å². The van der Waals surface area contributed by atoms with Crippen LogP contribution in [-0.2, 0) is 6.18 Å². The Kier molecular flexibility index (Phi) is 5.47. The molecule has 0 aliphatic rings. The van der Waals surface area contributed by atoms with Crippen molar-refractivity contribution < 1.29 is 17.6 Å². The van der Waals surface area contributed by atoms with Gasteiger partial charge in [0.2, 0.25) is 0 Å². The van der Waals surface area contributed by atoms with Crippen LogP contribution in [0, 0.1) is 5.82 Å². The molecule has 1 unspecified atom stereocenters. The van der Waals surface area contributed by atoms with Crippen LogP contribution in [0.1, 0.15) is 24.1 Å². The fourth-order valence-corrected chi connectivity index (χ4v) is 2.39. The Morgan fingerprint density at radius 1 is 1.33 bits per heavy atom. The first kappa shape index (κ1) is 15.3. The lowest BCUT2D eigenvalue weighted by molar-refractivity contribution is -0.140. The molecule has 1 aromatic rings. The van der Waals surface area contributed by atoms with Gasteiger partial charge in [0.15, 0.2) is 0 Å². The maximum absolute atomic E-state index is 13.4. The van der Waals surface area contributed by atoms with Crippen LogP contribution in [-0.4, -0.2) is 18.6 Å². The summed E-state index contributed by atoms with van der Waals surface area (Å²) in [5.74, 6) is 0.376. The van der Waals surface area contributed by atoms with E-state index in [1.807, 2.05) is 6.92 Å². The molecule has 0 aliphatic heterocycles. The highest BCUT2D eigenvalue weighted by molar-refractivity contribution is 7.99. The summed E-state index contributed by atoms with van der Waals surface area (Å²) in [5.41, 5.74) is -0.687. The van der Waals surface area contributed by atoms with Crippen molar-refractivity contribution in [2.75, 3.05) is 18.6 Å². The fourth-order valence-electron chi connectivity index (χ4n) is 1.56. The van der Waals surface area contributed by atoms with E-state index in [1.54, 1.807) is 18.8 Å². The fraction of sp³-hybridized carbons (Fsp3) is 0.500. The van der Waals surface area contributed by atoms with Crippen molar-refractivity contribution in [3.63, 3.8) is 0 Å². The summed E-state index contributed by atoms with van der Waals surface area (Å²) < 4.78 is 50.6. The number of benzene rings is 1. The normalized spacial score (nSPS) is 13.7. The molecule has 1 rings (SSSR count). The molecule has 0 aliphatic carbocycles. The van der Waals surface area contributed by atoms with Gasteiger partial charge in [0.05, 0.1) is 5.56 Å². The molecule has 0 amide bonds. The molecule has 0 bridgehead atoms. The van der Waals surface area contributed by atoms with Gasteiger partial charge in [-0.25, -0.2) is 4.39 Å². The van der Waals surface area contributed by atoms with E-state index in [2.05, 4.69) is 5.32 Å². The molecular weight excluding hydrogens is 266 g/mol. The van der Waals surface area contributed by atoms with Crippen LogP contribution in [0.3, 0.4) is 0 Å². The van der Waals surface area contributed by atoms with Crippen LogP contribution in [0.5, 0.6) is 0 Å². The monoisotopic (exact) mass is 281 g/mol. The van der Waals surface area contributed by atoms with Crippen LogP contribution in [0.4, 0.5) is 17.6 Å². The third-order valence-electron chi connectivity index (χ3n) is 2.54. The standard InChI is InChI=1S/C12H15F4NS/c1-3-18-7-11(17-2)8-4-5-9(10(13)6-8)12(14,15)16/h4-6,11,17H,3,7H2,1-2H3. The first-order chi connectivity index (χ1) is 8.40.